The molecular formula is C18H25FN4O2S. The van der Waals surface area contributed by atoms with E-state index in [-0.39, 0.29) is 16.6 Å². The summed E-state index contributed by atoms with van der Waals surface area (Å²) < 4.78 is 43.9. The molecule has 1 N–H and O–H groups in total. The Kier molecular flexibility index (Phi) is 5.74. The van der Waals surface area contributed by atoms with E-state index in [1.807, 2.05) is 13.8 Å². The van der Waals surface area contributed by atoms with Crippen molar-refractivity contribution in [2.75, 3.05) is 19.6 Å². The van der Waals surface area contributed by atoms with E-state index < -0.39 is 15.8 Å². The number of aromatic nitrogens is 2. The number of halogens is 1. The molecule has 1 aromatic heterocycles. The first-order chi connectivity index (χ1) is 12.4. The van der Waals surface area contributed by atoms with Crippen LogP contribution in [0.5, 0.6) is 0 Å². The Morgan fingerprint density at radius 1 is 1.35 bits per heavy atom. The summed E-state index contributed by atoms with van der Waals surface area (Å²) in [6.07, 6.45) is 5.59. The minimum absolute atomic E-state index is 0.00499. The molecule has 0 saturated carbocycles. The van der Waals surface area contributed by atoms with E-state index in [2.05, 4.69) is 10.4 Å². The van der Waals surface area contributed by atoms with Gasteiger partial charge in [-0.2, -0.15) is 9.40 Å². The first kappa shape index (κ1) is 19.0. The van der Waals surface area contributed by atoms with Crippen LogP contribution in [0.1, 0.15) is 31.7 Å². The molecule has 6 nitrogen and oxygen atoms in total. The number of nitrogens with zero attached hydrogens (tertiary/aromatic N) is 3. The van der Waals surface area contributed by atoms with Crippen molar-refractivity contribution in [1.29, 1.82) is 0 Å². The Bertz CT molecular complexity index is 860. The van der Waals surface area contributed by atoms with Gasteiger partial charge < -0.3 is 5.32 Å². The molecule has 0 bridgehead atoms. The SMILES string of the molecule is CCCN(C1CCNCC1)S(=O)(=O)c1ccc(-n2cc(C)cn2)c(F)c1. The Labute approximate surface area is 154 Å². The van der Waals surface area contributed by atoms with E-state index in [1.54, 1.807) is 16.7 Å². The summed E-state index contributed by atoms with van der Waals surface area (Å²) in [5.41, 5.74) is 1.14. The molecule has 1 aliphatic rings. The summed E-state index contributed by atoms with van der Waals surface area (Å²) >= 11 is 0. The number of aryl methyl sites for hydroxylation is 1. The molecular weight excluding hydrogens is 355 g/mol. The van der Waals surface area contributed by atoms with E-state index in [9.17, 15) is 12.8 Å². The normalized spacial score (nSPS) is 16.3. The maximum absolute atomic E-state index is 14.6. The molecule has 2 heterocycles. The molecule has 1 fully saturated rings. The molecule has 0 amide bonds. The zero-order valence-corrected chi connectivity index (χ0v) is 16.0. The quantitative estimate of drug-likeness (QED) is 0.836. The summed E-state index contributed by atoms with van der Waals surface area (Å²) in [7, 11) is -3.74. The molecule has 0 unspecified atom stereocenters. The fourth-order valence-corrected chi connectivity index (χ4v) is 5.12. The van der Waals surface area contributed by atoms with Crippen molar-refractivity contribution in [3.8, 4) is 5.69 Å². The smallest absolute Gasteiger partial charge is 0.243 e. The van der Waals surface area contributed by atoms with Crippen LogP contribution in [0.2, 0.25) is 0 Å². The van der Waals surface area contributed by atoms with Gasteiger partial charge >= 0.3 is 0 Å². The predicted molar refractivity (Wildman–Crippen MR) is 98.3 cm³/mol. The van der Waals surface area contributed by atoms with Crippen molar-refractivity contribution in [2.45, 2.75) is 44.0 Å². The molecule has 0 atom stereocenters. The lowest BCUT2D eigenvalue weighted by Gasteiger charge is -2.33. The summed E-state index contributed by atoms with van der Waals surface area (Å²) in [6, 6.07) is 4.00. The van der Waals surface area contributed by atoms with Crippen molar-refractivity contribution in [3.63, 3.8) is 0 Å². The monoisotopic (exact) mass is 380 g/mol. The van der Waals surface area contributed by atoms with Gasteiger partial charge in [-0.25, -0.2) is 17.5 Å². The fraction of sp³-hybridized carbons (Fsp3) is 0.500. The minimum atomic E-state index is -3.74. The van der Waals surface area contributed by atoms with Gasteiger partial charge in [0.25, 0.3) is 0 Å². The highest BCUT2D eigenvalue weighted by Gasteiger charge is 2.32. The minimum Gasteiger partial charge on any atom is -0.317 e. The number of sulfonamides is 1. The molecule has 0 spiro atoms. The Morgan fingerprint density at radius 2 is 2.08 bits per heavy atom. The van der Waals surface area contributed by atoms with Gasteiger partial charge in [0.1, 0.15) is 11.5 Å². The van der Waals surface area contributed by atoms with Crippen molar-refractivity contribution >= 4 is 10.0 Å². The van der Waals surface area contributed by atoms with Crippen LogP contribution in [-0.2, 0) is 10.0 Å². The molecule has 1 saturated heterocycles. The topological polar surface area (TPSA) is 67.2 Å². The molecule has 2 aromatic rings. The van der Waals surface area contributed by atoms with Crippen LogP contribution in [0.4, 0.5) is 4.39 Å². The molecule has 26 heavy (non-hydrogen) atoms. The number of rotatable bonds is 6. The summed E-state index contributed by atoms with van der Waals surface area (Å²) in [5, 5.41) is 7.33. The number of hydrogen-bond acceptors (Lipinski definition) is 4. The van der Waals surface area contributed by atoms with E-state index in [0.29, 0.717) is 6.54 Å². The average Bonchev–Trinajstić information content (AvgIpc) is 3.06. The third-order valence-electron chi connectivity index (χ3n) is 4.64. The molecule has 1 aliphatic heterocycles. The highest BCUT2D eigenvalue weighted by atomic mass is 32.2. The van der Waals surface area contributed by atoms with Crippen LogP contribution in [-0.4, -0.2) is 48.2 Å². The first-order valence-electron chi connectivity index (χ1n) is 8.97. The maximum Gasteiger partial charge on any atom is 0.243 e. The summed E-state index contributed by atoms with van der Waals surface area (Å²) in [6.45, 7) is 5.85. The van der Waals surface area contributed by atoms with Crippen molar-refractivity contribution < 1.29 is 12.8 Å². The van der Waals surface area contributed by atoms with Crippen LogP contribution >= 0.6 is 0 Å². The third-order valence-corrected chi connectivity index (χ3v) is 6.59. The molecule has 0 aliphatic carbocycles. The molecule has 3 rings (SSSR count). The van der Waals surface area contributed by atoms with Gasteiger partial charge in [0.05, 0.1) is 11.1 Å². The van der Waals surface area contributed by atoms with Gasteiger partial charge in [0.15, 0.2) is 0 Å². The molecule has 1 aromatic carbocycles. The lowest BCUT2D eigenvalue weighted by molar-refractivity contribution is 0.262. The fourth-order valence-electron chi connectivity index (χ4n) is 3.33. The number of piperidine rings is 1. The molecule has 8 heteroatoms. The van der Waals surface area contributed by atoms with Crippen LogP contribution < -0.4 is 5.32 Å². The second kappa shape index (κ2) is 7.85. The van der Waals surface area contributed by atoms with Crippen molar-refractivity contribution in [3.05, 3.63) is 42.0 Å². The van der Waals surface area contributed by atoms with Crippen LogP contribution in [0, 0.1) is 12.7 Å². The lowest BCUT2D eigenvalue weighted by atomic mass is 10.1. The third kappa shape index (κ3) is 3.82. The van der Waals surface area contributed by atoms with Gasteiger partial charge in [-0.3, -0.25) is 0 Å². The van der Waals surface area contributed by atoms with E-state index in [1.165, 1.54) is 16.8 Å². The van der Waals surface area contributed by atoms with Crippen LogP contribution in [0.25, 0.3) is 5.69 Å². The largest absolute Gasteiger partial charge is 0.317 e. The predicted octanol–water partition coefficient (Wildman–Crippen LogP) is 2.47. The van der Waals surface area contributed by atoms with E-state index in [0.717, 1.165) is 44.0 Å². The van der Waals surface area contributed by atoms with Gasteiger partial charge in [-0.15, -0.1) is 0 Å². The zero-order valence-electron chi connectivity index (χ0n) is 15.2. The van der Waals surface area contributed by atoms with E-state index in [4.69, 9.17) is 0 Å². The van der Waals surface area contributed by atoms with Crippen molar-refractivity contribution in [2.24, 2.45) is 0 Å². The average molecular weight is 380 g/mol. The number of benzene rings is 1. The van der Waals surface area contributed by atoms with Crippen molar-refractivity contribution in [1.82, 2.24) is 19.4 Å². The van der Waals surface area contributed by atoms with Gasteiger partial charge in [0.2, 0.25) is 10.0 Å². The van der Waals surface area contributed by atoms with Gasteiger partial charge in [0, 0.05) is 18.8 Å². The van der Waals surface area contributed by atoms with Crippen LogP contribution in [0.3, 0.4) is 0 Å². The first-order valence-corrected chi connectivity index (χ1v) is 10.4. The zero-order chi connectivity index (χ0) is 18.7. The van der Waals surface area contributed by atoms with Gasteiger partial charge in [-0.1, -0.05) is 6.92 Å². The lowest BCUT2D eigenvalue weighted by Crippen LogP contribution is -2.46. The van der Waals surface area contributed by atoms with E-state index >= 15 is 0 Å². The Morgan fingerprint density at radius 3 is 2.65 bits per heavy atom. The van der Waals surface area contributed by atoms with Crippen LogP contribution in [0.15, 0.2) is 35.5 Å². The standard InChI is InChI=1S/C18H25FN4O2S/c1-3-10-23(15-6-8-20-9-7-15)26(24,25)16-4-5-18(17(19)11-16)22-13-14(2)12-21-22/h4-5,11-13,15,20H,3,6-10H2,1-2H3. The Balaban J connectivity index is 1.93. The second-order valence-corrected chi connectivity index (χ2v) is 8.56. The summed E-state index contributed by atoms with van der Waals surface area (Å²) in [4.78, 5) is -0.00499. The number of nitrogens with one attached hydrogen (secondary N) is 1. The second-order valence-electron chi connectivity index (χ2n) is 6.67. The summed E-state index contributed by atoms with van der Waals surface area (Å²) in [5.74, 6) is -0.601. The highest BCUT2D eigenvalue weighted by molar-refractivity contribution is 7.89. The molecule has 0 radical (unpaired) electrons. The molecule has 142 valence electrons. The number of hydrogen-bond donors (Lipinski definition) is 1. The van der Waals surface area contributed by atoms with Gasteiger partial charge in [-0.05, 0) is 63.0 Å². The maximum atomic E-state index is 14.6. The highest BCUT2D eigenvalue weighted by Crippen LogP contribution is 2.25. The Hall–Kier alpha value is -1.77.